The number of amides is 1. The second kappa shape index (κ2) is 44.8. The average molecular weight is 774 g/mol. The molecule has 0 radical (unpaired) electrons. The Morgan fingerprint density at radius 3 is 1.31 bits per heavy atom. The van der Waals surface area contributed by atoms with Crippen molar-refractivity contribution >= 4 is 11.9 Å². The highest BCUT2D eigenvalue weighted by molar-refractivity contribution is 5.76. The summed E-state index contributed by atoms with van der Waals surface area (Å²) in [7, 11) is 0. The molecule has 0 saturated heterocycles. The first-order valence-electron chi connectivity index (χ1n) is 23.8. The van der Waals surface area contributed by atoms with E-state index < -0.39 is 12.1 Å². The van der Waals surface area contributed by atoms with Crippen LogP contribution in [0.3, 0.4) is 0 Å². The number of allylic oxidation sites excluding steroid dienone is 5. The van der Waals surface area contributed by atoms with Gasteiger partial charge < -0.3 is 20.3 Å². The number of aliphatic hydroxyl groups is 2. The summed E-state index contributed by atoms with van der Waals surface area (Å²) in [4.78, 5) is 24.3. The van der Waals surface area contributed by atoms with E-state index in [9.17, 15) is 19.8 Å². The molecule has 6 heteroatoms. The molecule has 6 nitrogen and oxygen atoms in total. The number of ether oxygens (including phenoxy) is 1. The Labute approximate surface area is 341 Å². The third-order valence-electron chi connectivity index (χ3n) is 10.6. The Morgan fingerprint density at radius 2 is 0.855 bits per heavy atom. The first-order chi connectivity index (χ1) is 27.0. The highest BCUT2D eigenvalue weighted by Crippen LogP contribution is 2.13. The maximum atomic E-state index is 12.3. The number of carbonyl (C=O) groups excluding carboxylic acids is 2. The van der Waals surface area contributed by atoms with Gasteiger partial charge in [-0.3, -0.25) is 9.59 Å². The van der Waals surface area contributed by atoms with E-state index in [-0.39, 0.29) is 18.5 Å². The highest BCUT2D eigenvalue weighted by atomic mass is 16.5. The fraction of sp³-hybridized carbons (Fsp3) is 0.837. The molecule has 0 aliphatic carbocycles. The van der Waals surface area contributed by atoms with Gasteiger partial charge in [-0.1, -0.05) is 179 Å². The Bertz CT molecular complexity index is 900. The third kappa shape index (κ3) is 41.5. The predicted molar refractivity (Wildman–Crippen MR) is 236 cm³/mol. The molecule has 0 spiro atoms. The summed E-state index contributed by atoms with van der Waals surface area (Å²) in [5.41, 5.74) is 0. The van der Waals surface area contributed by atoms with E-state index in [1.54, 1.807) is 6.08 Å². The van der Waals surface area contributed by atoms with E-state index in [0.29, 0.717) is 19.4 Å². The zero-order chi connectivity index (χ0) is 40.1. The number of hydrogen-bond donors (Lipinski definition) is 3. The van der Waals surface area contributed by atoms with Gasteiger partial charge >= 0.3 is 5.97 Å². The molecule has 0 bridgehead atoms. The summed E-state index contributed by atoms with van der Waals surface area (Å²) < 4.78 is 5.44. The Kier molecular flexibility index (Phi) is 43.2. The lowest BCUT2D eigenvalue weighted by Crippen LogP contribution is -2.45. The number of rotatable bonds is 43. The zero-order valence-electron chi connectivity index (χ0n) is 36.4. The SMILES string of the molecule is CCCCCC/C=C\CCCCCCCC(=O)OCCCCCCCCC/C=C\CCCCCCCC(=O)NC(CO)C(O)/C=C/CCCCCCCCC. The van der Waals surface area contributed by atoms with Crippen molar-refractivity contribution in [2.45, 2.75) is 251 Å². The lowest BCUT2D eigenvalue weighted by Gasteiger charge is -2.20. The molecule has 0 aromatic rings. The maximum absolute atomic E-state index is 12.3. The molecule has 0 aliphatic heterocycles. The van der Waals surface area contributed by atoms with Gasteiger partial charge in [-0.2, -0.15) is 0 Å². The first kappa shape index (κ1) is 53.1. The molecule has 322 valence electrons. The van der Waals surface area contributed by atoms with Crippen LogP contribution >= 0.6 is 0 Å². The summed E-state index contributed by atoms with van der Waals surface area (Å²) in [6.45, 7) is 4.81. The minimum atomic E-state index is -0.852. The van der Waals surface area contributed by atoms with Crippen LogP contribution < -0.4 is 5.32 Å². The summed E-state index contributed by atoms with van der Waals surface area (Å²) in [6, 6.07) is -0.638. The summed E-state index contributed by atoms with van der Waals surface area (Å²) in [5, 5.41) is 22.8. The van der Waals surface area contributed by atoms with Gasteiger partial charge in [0.2, 0.25) is 5.91 Å². The first-order valence-corrected chi connectivity index (χ1v) is 23.8. The summed E-state index contributed by atoms with van der Waals surface area (Å²) in [5.74, 6) is -0.104. The van der Waals surface area contributed by atoms with E-state index in [1.807, 2.05) is 6.08 Å². The van der Waals surface area contributed by atoms with E-state index in [1.165, 1.54) is 148 Å². The van der Waals surface area contributed by atoms with Gasteiger partial charge in [0.15, 0.2) is 0 Å². The van der Waals surface area contributed by atoms with Crippen molar-refractivity contribution in [3.05, 3.63) is 36.5 Å². The Hall–Kier alpha value is -1.92. The smallest absolute Gasteiger partial charge is 0.305 e. The molecule has 0 heterocycles. The molecule has 0 saturated carbocycles. The lowest BCUT2D eigenvalue weighted by atomic mass is 10.1. The number of esters is 1. The lowest BCUT2D eigenvalue weighted by molar-refractivity contribution is -0.143. The van der Waals surface area contributed by atoms with Crippen LogP contribution in [0.25, 0.3) is 0 Å². The van der Waals surface area contributed by atoms with Crippen molar-refractivity contribution in [3.63, 3.8) is 0 Å². The van der Waals surface area contributed by atoms with Crippen LogP contribution in [0.2, 0.25) is 0 Å². The van der Waals surface area contributed by atoms with Crippen LogP contribution in [0.4, 0.5) is 0 Å². The van der Waals surface area contributed by atoms with Gasteiger partial charge in [-0.15, -0.1) is 0 Å². The number of nitrogens with one attached hydrogen (secondary N) is 1. The van der Waals surface area contributed by atoms with Crippen LogP contribution in [0, 0.1) is 0 Å². The van der Waals surface area contributed by atoms with Crippen LogP contribution in [0.5, 0.6) is 0 Å². The maximum Gasteiger partial charge on any atom is 0.305 e. The molecule has 0 aliphatic rings. The minimum Gasteiger partial charge on any atom is -0.466 e. The van der Waals surface area contributed by atoms with Crippen molar-refractivity contribution in [1.29, 1.82) is 0 Å². The minimum absolute atomic E-state index is 0.0144. The van der Waals surface area contributed by atoms with Crippen molar-refractivity contribution in [3.8, 4) is 0 Å². The summed E-state index contributed by atoms with van der Waals surface area (Å²) >= 11 is 0. The molecule has 2 unspecified atom stereocenters. The van der Waals surface area contributed by atoms with Crippen molar-refractivity contribution in [2.75, 3.05) is 13.2 Å². The van der Waals surface area contributed by atoms with Crippen LogP contribution in [-0.2, 0) is 14.3 Å². The third-order valence-corrected chi connectivity index (χ3v) is 10.6. The topological polar surface area (TPSA) is 95.9 Å². The fourth-order valence-corrected chi connectivity index (χ4v) is 6.91. The highest BCUT2D eigenvalue weighted by Gasteiger charge is 2.18. The molecular weight excluding hydrogens is 683 g/mol. The average Bonchev–Trinajstić information content (AvgIpc) is 3.18. The van der Waals surface area contributed by atoms with Gasteiger partial charge in [0.05, 0.1) is 25.4 Å². The van der Waals surface area contributed by atoms with Crippen LogP contribution in [-0.4, -0.2) is 47.4 Å². The molecule has 0 aromatic carbocycles. The molecule has 0 fully saturated rings. The molecule has 0 aromatic heterocycles. The Morgan fingerprint density at radius 1 is 0.491 bits per heavy atom. The summed E-state index contributed by atoms with van der Waals surface area (Å²) in [6.07, 6.45) is 52.8. The molecule has 55 heavy (non-hydrogen) atoms. The molecule has 3 N–H and O–H groups in total. The van der Waals surface area contributed by atoms with Crippen molar-refractivity contribution < 1.29 is 24.5 Å². The fourth-order valence-electron chi connectivity index (χ4n) is 6.91. The predicted octanol–water partition coefficient (Wildman–Crippen LogP) is 13.7. The van der Waals surface area contributed by atoms with Crippen molar-refractivity contribution in [2.24, 2.45) is 0 Å². The van der Waals surface area contributed by atoms with Gasteiger partial charge in [0, 0.05) is 12.8 Å². The van der Waals surface area contributed by atoms with Gasteiger partial charge in [0.25, 0.3) is 0 Å². The number of aliphatic hydroxyl groups excluding tert-OH is 2. The molecule has 1 amide bonds. The van der Waals surface area contributed by atoms with Gasteiger partial charge in [-0.05, 0) is 83.5 Å². The number of hydrogen-bond acceptors (Lipinski definition) is 5. The number of carbonyl (C=O) groups is 2. The number of unbranched alkanes of at least 4 members (excludes halogenated alkanes) is 28. The molecule has 2 atom stereocenters. The molecule has 0 rings (SSSR count). The normalized spacial score (nSPS) is 13.0. The monoisotopic (exact) mass is 774 g/mol. The quantitative estimate of drug-likeness (QED) is 0.0326. The van der Waals surface area contributed by atoms with Crippen LogP contribution in [0.15, 0.2) is 36.5 Å². The van der Waals surface area contributed by atoms with Crippen molar-refractivity contribution in [1.82, 2.24) is 5.32 Å². The van der Waals surface area contributed by atoms with Gasteiger partial charge in [-0.25, -0.2) is 0 Å². The molecular formula is C49H91NO5. The van der Waals surface area contributed by atoms with Gasteiger partial charge in [0.1, 0.15) is 0 Å². The second-order valence-corrected chi connectivity index (χ2v) is 16.1. The zero-order valence-corrected chi connectivity index (χ0v) is 36.4. The van der Waals surface area contributed by atoms with E-state index in [2.05, 4.69) is 43.5 Å². The largest absolute Gasteiger partial charge is 0.466 e. The van der Waals surface area contributed by atoms with E-state index >= 15 is 0 Å². The second-order valence-electron chi connectivity index (χ2n) is 16.1. The van der Waals surface area contributed by atoms with E-state index in [0.717, 1.165) is 64.2 Å². The standard InChI is InChI=1S/C49H91NO5/c1-3-5-7-9-11-13-14-19-23-27-31-35-39-43-49(54)55-44-40-36-32-28-24-21-18-16-15-17-20-22-26-30-34-38-42-48(53)50-46(45-51)47(52)41-37-33-29-25-12-10-8-6-4-2/h13-15,17,37,41,46-47,51-52H,3-12,16,18-36,38-40,42-45H2,1-2H3,(H,50,53)/b14-13-,17-15-,41-37+. The van der Waals surface area contributed by atoms with E-state index in [4.69, 9.17) is 4.74 Å². The van der Waals surface area contributed by atoms with Crippen LogP contribution in [0.1, 0.15) is 239 Å². The Balaban J connectivity index is 3.49.